The molecule has 0 aromatic carbocycles. The van der Waals surface area contributed by atoms with Crippen LogP contribution >= 0.6 is 11.6 Å². The average molecular weight is 535 g/mol. The number of hydrogen-bond acceptors (Lipinski definition) is 7. The molecule has 1 N–H and O–H groups in total. The SMILES string of the molecule is CCCC(=O)O[C@]1(C(=O)COC(=O)CC)[C@H](C)C[C@H]2[C@@H]3CCC4=CC(=O)C=C[C@]4(C)[C@@]3(Cl)[C@@H](O)C[C@@]21C. The summed E-state index contributed by atoms with van der Waals surface area (Å²) in [5.74, 6) is -2.19. The van der Waals surface area contributed by atoms with Gasteiger partial charge in [0, 0.05) is 29.6 Å². The molecule has 4 aliphatic rings. The number of carbonyl (C=O) groups excluding carboxylic acids is 4. The summed E-state index contributed by atoms with van der Waals surface area (Å²) in [7, 11) is 0. The molecule has 0 bridgehead atoms. The number of allylic oxidation sites excluding steroid dienone is 4. The van der Waals surface area contributed by atoms with E-state index in [4.69, 9.17) is 21.1 Å². The fourth-order valence-corrected chi connectivity index (χ4v) is 8.71. The molecular formula is C29H39ClO7. The normalized spacial score (nSPS) is 42.2. The number of aliphatic hydroxyl groups is 1. The Balaban J connectivity index is 1.80. The number of Topliss-reactive ketones (excluding diaryl/α,β-unsaturated/α-hetero) is 1. The van der Waals surface area contributed by atoms with E-state index >= 15 is 0 Å². The van der Waals surface area contributed by atoms with Gasteiger partial charge in [-0.1, -0.05) is 46.3 Å². The lowest BCUT2D eigenvalue weighted by Crippen LogP contribution is -2.69. The van der Waals surface area contributed by atoms with Crippen LogP contribution in [-0.4, -0.2) is 51.8 Å². The van der Waals surface area contributed by atoms with E-state index in [1.165, 1.54) is 6.08 Å². The van der Waals surface area contributed by atoms with E-state index < -0.39 is 51.7 Å². The third kappa shape index (κ3) is 3.86. The van der Waals surface area contributed by atoms with Gasteiger partial charge in [-0.3, -0.25) is 19.2 Å². The molecule has 0 amide bonds. The predicted molar refractivity (Wildman–Crippen MR) is 138 cm³/mol. The molecule has 7 nitrogen and oxygen atoms in total. The second-order valence-corrected chi connectivity index (χ2v) is 12.4. The lowest BCUT2D eigenvalue weighted by Gasteiger charge is -2.64. The van der Waals surface area contributed by atoms with Gasteiger partial charge >= 0.3 is 11.9 Å². The molecule has 0 unspecified atom stereocenters. The number of fused-ring (bicyclic) bond motifs is 5. The lowest BCUT2D eigenvalue weighted by atomic mass is 9.45. The highest BCUT2D eigenvalue weighted by atomic mass is 35.5. The summed E-state index contributed by atoms with van der Waals surface area (Å²) in [6.45, 7) is 8.84. The number of halogens is 1. The Morgan fingerprint density at radius 2 is 1.86 bits per heavy atom. The van der Waals surface area contributed by atoms with Crippen molar-refractivity contribution in [2.45, 2.75) is 96.1 Å². The zero-order chi connectivity index (χ0) is 27.4. The molecule has 0 spiro atoms. The molecule has 0 aromatic heterocycles. The summed E-state index contributed by atoms with van der Waals surface area (Å²) in [6, 6.07) is 0. The van der Waals surface area contributed by atoms with E-state index in [2.05, 4.69) is 0 Å². The summed E-state index contributed by atoms with van der Waals surface area (Å²) < 4.78 is 11.4. The fourth-order valence-electron chi connectivity index (χ4n) is 8.19. The first kappa shape index (κ1) is 28.0. The highest BCUT2D eigenvalue weighted by Crippen LogP contribution is 2.72. The molecule has 0 saturated heterocycles. The zero-order valence-electron chi connectivity index (χ0n) is 22.5. The Morgan fingerprint density at radius 3 is 2.51 bits per heavy atom. The average Bonchev–Trinajstić information content (AvgIpc) is 3.05. The molecule has 0 aromatic rings. The first-order valence-corrected chi connectivity index (χ1v) is 13.9. The minimum absolute atomic E-state index is 0.0788. The molecule has 4 rings (SSSR count). The number of esters is 2. The first-order valence-electron chi connectivity index (χ1n) is 13.5. The van der Waals surface area contributed by atoms with Gasteiger partial charge in [0.1, 0.15) is 0 Å². The molecule has 3 saturated carbocycles. The van der Waals surface area contributed by atoms with Crippen LogP contribution in [0.25, 0.3) is 0 Å². The van der Waals surface area contributed by atoms with Crippen LogP contribution in [0.5, 0.6) is 0 Å². The Morgan fingerprint density at radius 1 is 1.16 bits per heavy atom. The van der Waals surface area contributed by atoms with E-state index in [-0.39, 0.29) is 42.8 Å². The quantitative estimate of drug-likeness (QED) is 0.379. The number of rotatable bonds is 7. The van der Waals surface area contributed by atoms with Crippen LogP contribution in [0.15, 0.2) is 23.8 Å². The van der Waals surface area contributed by atoms with Gasteiger partial charge in [-0.2, -0.15) is 0 Å². The first-order chi connectivity index (χ1) is 17.3. The summed E-state index contributed by atoms with van der Waals surface area (Å²) in [5.41, 5.74) is -2.27. The summed E-state index contributed by atoms with van der Waals surface area (Å²) >= 11 is 7.50. The van der Waals surface area contributed by atoms with Crippen LogP contribution in [-0.2, 0) is 28.7 Å². The van der Waals surface area contributed by atoms with Gasteiger partial charge in [-0.15, -0.1) is 11.6 Å². The molecule has 0 aliphatic heterocycles. The molecule has 3 fully saturated rings. The maximum atomic E-state index is 13.9. The Labute approximate surface area is 224 Å². The van der Waals surface area contributed by atoms with Crippen LogP contribution in [0.1, 0.15) is 79.6 Å². The monoisotopic (exact) mass is 534 g/mol. The van der Waals surface area contributed by atoms with Crippen LogP contribution < -0.4 is 0 Å². The van der Waals surface area contributed by atoms with Gasteiger partial charge in [0.05, 0.1) is 11.0 Å². The van der Waals surface area contributed by atoms with Gasteiger partial charge in [0.2, 0.25) is 5.78 Å². The van der Waals surface area contributed by atoms with E-state index in [9.17, 15) is 24.3 Å². The van der Waals surface area contributed by atoms with Crippen molar-refractivity contribution >= 4 is 35.1 Å². The lowest BCUT2D eigenvalue weighted by molar-refractivity contribution is -0.203. The van der Waals surface area contributed by atoms with E-state index in [1.54, 1.807) is 13.0 Å². The van der Waals surface area contributed by atoms with Crippen molar-refractivity contribution < 1.29 is 33.8 Å². The van der Waals surface area contributed by atoms with E-state index in [0.29, 0.717) is 25.7 Å². The predicted octanol–water partition coefficient (Wildman–Crippen LogP) is 4.48. The van der Waals surface area contributed by atoms with Crippen molar-refractivity contribution in [1.82, 2.24) is 0 Å². The van der Waals surface area contributed by atoms with E-state index in [0.717, 1.165) is 5.57 Å². The van der Waals surface area contributed by atoms with Crippen molar-refractivity contribution in [2.24, 2.45) is 28.6 Å². The molecule has 204 valence electrons. The van der Waals surface area contributed by atoms with Gasteiger partial charge in [0.15, 0.2) is 18.0 Å². The summed E-state index contributed by atoms with van der Waals surface area (Å²) in [4.78, 5) is 49.8. The Hall–Kier alpha value is -1.99. The van der Waals surface area contributed by atoms with Gasteiger partial charge in [0.25, 0.3) is 0 Å². The third-order valence-electron chi connectivity index (χ3n) is 9.98. The number of ether oxygens (including phenoxy) is 2. The standard InChI is InChI=1S/C29H39ClO7/c1-6-8-25(35)37-29(23(33)16-36-24(34)7-2)17(3)13-21-20-10-9-18-14-19(31)11-12-26(18,4)28(20,30)22(32)15-27(21,29)5/h11-12,14,17,20-22,32H,6-10,13,15-16H2,1-5H3/t17-,20+,21+,22+,26+,27+,28+,29+/m1/s1. The van der Waals surface area contributed by atoms with Crippen LogP contribution in [0, 0.1) is 28.6 Å². The van der Waals surface area contributed by atoms with Crippen molar-refractivity contribution in [3.63, 3.8) is 0 Å². The van der Waals surface area contributed by atoms with Crippen LogP contribution in [0.3, 0.4) is 0 Å². The largest absolute Gasteiger partial charge is 0.457 e. The minimum atomic E-state index is -1.55. The van der Waals surface area contributed by atoms with Crippen molar-refractivity contribution in [3.8, 4) is 0 Å². The molecular weight excluding hydrogens is 496 g/mol. The maximum absolute atomic E-state index is 13.9. The second-order valence-electron chi connectivity index (χ2n) is 11.8. The van der Waals surface area contributed by atoms with Gasteiger partial charge in [-0.05, 0) is 56.1 Å². The van der Waals surface area contributed by atoms with Gasteiger partial charge in [-0.25, -0.2) is 0 Å². The van der Waals surface area contributed by atoms with Crippen molar-refractivity contribution in [3.05, 3.63) is 23.8 Å². The number of alkyl halides is 1. The summed E-state index contributed by atoms with van der Waals surface area (Å²) in [5, 5.41) is 11.8. The highest BCUT2D eigenvalue weighted by Gasteiger charge is 2.76. The van der Waals surface area contributed by atoms with Crippen molar-refractivity contribution in [1.29, 1.82) is 0 Å². The second kappa shape index (κ2) is 9.64. The molecule has 0 radical (unpaired) electrons. The molecule has 37 heavy (non-hydrogen) atoms. The maximum Gasteiger partial charge on any atom is 0.306 e. The molecule has 4 aliphatic carbocycles. The third-order valence-corrected chi connectivity index (χ3v) is 10.9. The number of aliphatic hydroxyl groups excluding tert-OH is 1. The zero-order valence-corrected chi connectivity index (χ0v) is 23.2. The minimum Gasteiger partial charge on any atom is -0.457 e. The summed E-state index contributed by atoms with van der Waals surface area (Å²) in [6.07, 6.45) is 6.84. The van der Waals surface area contributed by atoms with Gasteiger partial charge < -0.3 is 14.6 Å². The number of carbonyl (C=O) groups is 4. The topological polar surface area (TPSA) is 107 Å². The van der Waals surface area contributed by atoms with E-state index in [1.807, 2.05) is 33.8 Å². The molecule has 8 atom stereocenters. The smallest absolute Gasteiger partial charge is 0.306 e. The number of hydrogen-bond donors (Lipinski definition) is 1. The molecule has 8 heteroatoms. The fraction of sp³-hybridized carbons (Fsp3) is 0.724. The molecule has 0 heterocycles. The Bertz CT molecular complexity index is 1060. The van der Waals surface area contributed by atoms with Crippen molar-refractivity contribution in [2.75, 3.05) is 6.61 Å². The Kier molecular flexibility index (Phi) is 7.30. The van der Waals surface area contributed by atoms with Crippen LogP contribution in [0.4, 0.5) is 0 Å². The highest BCUT2D eigenvalue weighted by molar-refractivity contribution is 6.26. The number of ketones is 2. The van der Waals surface area contributed by atoms with Crippen LogP contribution in [0.2, 0.25) is 0 Å².